The van der Waals surface area contributed by atoms with Gasteiger partial charge in [-0.2, -0.15) is 5.10 Å². The van der Waals surface area contributed by atoms with Crippen LogP contribution in [0.3, 0.4) is 0 Å². The highest BCUT2D eigenvalue weighted by Crippen LogP contribution is 2.44. The smallest absolute Gasteiger partial charge is 0.226 e. The number of hydrogen-bond donors (Lipinski definition) is 2. The zero-order valence-electron chi connectivity index (χ0n) is 12.7. The minimum atomic E-state index is -0.135. The highest BCUT2D eigenvalue weighted by Gasteiger charge is 2.31. The SMILES string of the molecule is COc1cc2c(cc1[C@@H]1CC(=O)Nc3[nH]ncc31)OCCCO2. The number of anilines is 1. The van der Waals surface area contributed by atoms with Crippen molar-refractivity contribution in [2.24, 2.45) is 0 Å². The van der Waals surface area contributed by atoms with Crippen molar-refractivity contribution in [1.29, 1.82) is 0 Å². The maximum Gasteiger partial charge on any atom is 0.226 e. The summed E-state index contributed by atoms with van der Waals surface area (Å²) in [7, 11) is 1.61. The number of rotatable bonds is 2. The fourth-order valence-corrected chi connectivity index (χ4v) is 3.08. The van der Waals surface area contributed by atoms with E-state index in [0.29, 0.717) is 42.7 Å². The van der Waals surface area contributed by atoms with Gasteiger partial charge in [0.15, 0.2) is 11.5 Å². The molecule has 0 saturated heterocycles. The normalized spacial score (nSPS) is 19.5. The van der Waals surface area contributed by atoms with Crippen LogP contribution < -0.4 is 19.5 Å². The molecule has 1 atom stereocenters. The van der Waals surface area contributed by atoms with Crippen LogP contribution in [0.2, 0.25) is 0 Å². The molecule has 2 aliphatic heterocycles. The number of hydrogen-bond acceptors (Lipinski definition) is 5. The molecular formula is C16H17N3O4. The predicted octanol–water partition coefficient (Wildman–Crippen LogP) is 2.05. The summed E-state index contributed by atoms with van der Waals surface area (Å²) >= 11 is 0. The van der Waals surface area contributed by atoms with Crippen LogP contribution in [0.1, 0.15) is 29.9 Å². The van der Waals surface area contributed by atoms with Crippen molar-refractivity contribution in [2.75, 3.05) is 25.6 Å². The van der Waals surface area contributed by atoms with Crippen molar-refractivity contribution in [1.82, 2.24) is 10.2 Å². The molecule has 0 radical (unpaired) electrons. The number of carbonyl (C=O) groups is 1. The average molecular weight is 315 g/mol. The maximum absolute atomic E-state index is 12.0. The number of benzene rings is 1. The van der Waals surface area contributed by atoms with Crippen LogP contribution in [0.5, 0.6) is 17.2 Å². The average Bonchev–Trinajstić information content (AvgIpc) is 2.90. The Bertz CT molecular complexity index is 756. The molecule has 1 aromatic carbocycles. The number of fused-ring (bicyclic) bond motifs is 2. The summed E-state index contributed by atoms with van der Waals surface area (Å²) in [5, 5.41) is 9.65. The van der Waals surface area contributed by atoms with Crippen molar-refractivity contribution in [3.8, 4) is 17.2 Å². The zero-order chi connectivity index (χ0) is 15.8. The first-order chi connectivity index (χ1) is 11.3. The molecular weight excluding hydrogens is 298 g/mol. The van der Waals surface area contributed by atoms with E-state index in [4.69, 9.17) is 14.2 Å². The highest BCUT2D eigenvalue weighted by atomic mass is 16.5. The van der Waals surface area contributed by atoms with Crippen molar-refractivity contribution in [3.05, 3.63) is 29.5 Å². The summed E-state index contributed by atoms with van der Waals surface area (Å²) < 4.78 is 17.0. The minimum absolute atomic E-state index is 0.0547. The van der Waals surface area contributed by atoms with Crippen LogP contribution >= 0.6 is 0 Å². The summed E-state index contributed by atoms with van der Waals surface area (Å²) in [6.45, 7) is 1.23. The van der Waals surface area contributed by atoms with E-state index in [1.165, 1.54) is 0 Å². The van der Waals surface area contributed by atoms with E-state index in [9.17, 15) is 4.79 Å². The van der Waals surface area contributed by atoms with Gasteiger partial charge in [0, 0.05) is 36.0 Å². The van der Waals surface area contributed by atoms with Crippen LogP contribution in [-0.4, -0.2) is 36.4 Å². The molecule has 0 spiro atoms. The number of H-pyrrole nitrogens is 1. The van der Waals surface area contributed by atoms with Gasteiger partial charge in [0.2, 0.25) is 5.91 Å². The number of nitrogens with zero attached hydrogens (tertiary/aromatic N) is 1. The molecule has 3 heterocycles. The van der Waals surface area contributed by atoms with Gasteiger partial charge in [0.1, 0.15) is 11.6 Å². The van der Waals surface area contributed by atoms with E-state index in [1.807, 2.05) is 12.1 Å². The topological polar surface area (TPSA) is 85.5 Å². The largest absolute Gasteiger partial charge is 0.496 e. The molecule has 0 aliphatic carbocycles. The third-order valence-corrected chi connectivity index (χ3v) is 4.17. The Morgan fingerprint density at radius 1 is 1.22 bits per heavy atom. The maximum atomic E-state index is 12.0. The highest BCUT2D eigenvalue weighted by molar-refractivity contribution is 5.94. The molecule has 0 saturated carbocycles. The van der Waals surface area contributed by atoms with Crippen molar-refractivity contribution in [3.63, 3.8) is 0 Å². The molecule has 0 fully saturated rings. The molecule has 0 bridgehead atoms. The molecule has 7 nitrogen and oxygen atoms in total. The molecule has 2 aromatic rings. The lowest BCUT2D eigenvalue weighted by molar-refractivity contribution is -0.116. The second-order valence-electron chi connectivity index (χ2n) is 5.60. The van der Waals surface area contributed by atoms with Crippen LogP contribution in [0.15, 0.2) is 18.3 Å². The number of nitrogens with one attached hydrogen (secondary N) is 2. The summed E-state index contributed by atoms with van der Waals surface area (Å²) in [6.07, 6.45) is 2.91. The first kappa shape index (κ1) is 13.9. The molecule has 1 aromatic heterocycles. The van der Waals surface area contributed by atoms with E-state index < -0.39 is 0 Å². The van der Waals surface area contributed by atoms with Gasteiger partial charge in [0.25, 0.3) is 0 Å². The number of aromatic nitrogens is 2. The molecule has 1 amide bonds. The third-order valence-electron chi connectivity index (χ3n) is 4.17. The van der Waals surface area contributed by atoms with Gasteiger partial charge in [-0.05, 0) is 6.07 Å². The van der Waals surface area contributed by atoms with E-state index >= 15 is 0 Å². The Morgan fingerprint density at radius 3 is 2.78 bits per heavy atom. The summed E-state index contributed by atoms with van der Waals surface area (Å²) in [4.78, 5) is 12.0. The van der Waals surface area contributed by atoms with Crippen molar-refractivity contribution < 1.29 is 19.0 Å². The Morgan fingerprint density at radius 2 is 2.00 bits per heavy atom. The number of ether oxygens (including phenoxy) is 3. The summed E-state index contributed by atoms with van der Waals surface area (Å²) in [5.74, 6) is 2.50. The van der Waals surface area contributed by atoms with Gasteiger partial charge in [-0.15, -0.1) is 0 Å². The van der Waals surface area contributed by atoms with Gasteiger partial charge < -0.3 is 19.5 Å². The number of methoxy groups -OCH3 is 1. The lowest BCUT2D eigenvalue weighted by Gasteiger charge is -2.24. The molecule has 120 valence electrons. The van der Waals surface area contributed by atoms with Gasteiger partial charge in [-0.3, -0.25) is 9.89 Å². The Hall–Kier alpha value is -2.70. The van der Waals surface area contributed by atoms with Crippen LogP contribution in [0.25, 0.3) is 0 Å². The molecule has 2 aliphatic rings. The Kier molecular flexibility index (Phi) is 3.33. The van der Waals surface area contributed by atoms with E-state index in [-0.39, 0.29) is 11.8 Å². The second kappa shape index (κ2) is 5.49. The fraction of sp³-hybridized carbons (Fsp3) is 0.375. The molecule has 0 unspecified atom stereocenters. The van der Waals surface area contributed by atoms with E-state index in [0.717, 1.165) is 17.5 Å². The number of carbonyl (C=O) groups excluding carboxylic acids is 1. The lowest BCUT2D eigenvalue weighted by atomic mass is 9.86. The van der Waals surface area contributed by atoms with Crippen LogP contribution in [0, 0.1) is 0 Å². The van der Waals surface area contributed by atoms with Gasteiger partial charge in [-0.1, -0.05) is 0 Å². The molecule has 23 heavy (non-hydrogen) atoms. The van der Waals surface area contributed by atoms with Crippen molar-refractivity contribution in [2.45, 2.75) is 18.8 Å². The molecule has 2 N–H and O–H groups in total. The Labute approximate surface area is 132 Å². The quantitative estimate of drug-likeness (QED) is 0.886. The predicted molar refractivity (Wildman–Crippen MR) is 82.3 cm³/mol. The lowest BCUT2D eigenvalue weighted by Crippen LogP contribution is -2.23. The first-order valence-corrected chi connectivity index (χ1v) is 7.57. The van der Waals surface area contributed by atoms with Crippen molar-refractivity contribution >= 4 is 11.7 Å². The van der Waals surface area contributed by atoms with Gasteiger partial charge in [-0.25, -0.2) is 0 Å². The van der Waals surface area contributed by atoms with Gasteiger partial charge >= 0.3 is 0 Å². The number of amides is 1. The monoisotopic (exact) mass is 315 g/mol. The standard InChI is InChI=1S/C16H17N3O4/c1-21-12-7-14-13(22-3-2-4-23-14)5-10(12)9-6-15(20)18-16-11(9)8-17-19-16/h5,7-9H,2-4,6H2,1H3,(H2,17,18,19,20)/t9-/m0/s1. The first-order valence-electron chi connectivity index (χ1n) is 7.57. The Balaban J connectivity index is 1.83. The summed E-state index contributed by atoms with van der Waals surface area (Å²) in [5.41, 5.74) is 1.84. The molecule has 4 rings (SSSR count). The minimum Gasteiger partial charge on any atom is -0.496 e. The van der Waals surface area contributed by atoms with E-state index in [1.54, 1.807) is 13.3 Å². The number of aromatic amines is 1. The van der Waals surface area contributed by atoms with Crippen LogP contribution in [0.4, 0.5) is 5.82 Å². The second-order valence-corrected chi connectivity index (χ2v) is 5.60. The van der Waals surface area contributed by atoms with Crippen LogP contribution in [-0.2, 0) is 4.79 Å². The zero-order valence-corrected chi connectivity index (χ0v) is 12.7. The third kappa shape index (κ3) is 2.38. The molecule has 7 heteroatoms. The van der Waals surface area contributed by atoms with Gasteiger partial charge in [0.05, 0.1) is 26.5 Å². The van der Waals surface area contributed by atoms with E-state index in [2.05, 4.69) is 15.5 Å². The summed E-state index contributed by atoms with van der Waals surface area (Å²) in [6, 6.07) is 3.75. The fourth-order valence-electron chi connectivity index (χ4n) is 3.08.